The third-order valence-electron chi connectivity index (χ3n) is 6.35. The van der Waals surface area contributed by atoms with Gasteiger partial charge in [0.15, 0.2) is 0 Å². The second-order valence-corrected chi connectivity index (χ2v) is 8.74. The quantitative estimate of drug-likeness (QED) is 0.208. The van der Waals surface area contributed by atoms with E-state index in [2.05, 4.69) is 4.98 Å². The molecule has 1 fully saturated rings. The Kier molecular flexibility index (Phi) is 7.53. The van der Waals surface area contributed by atoms with Gasteiger partial charge in [-0.2, -0.15) is 0 Å². The SMILES string of the molecule is NC(=O)c1cc(-c2cccnc2C(Cc2cc(F)cc(F)c2)N(N)C(=O)C2CCCN2C=O)ccc1F. The molecule has 3 amide bonds. The van der Waals surface area contributed by atoms with Gasteiger partial charge in [-0.05, 0) is 54.3 Å². The minimum atomic E-state index is -1.04. The van der Waals surface area contributed by atoms with Crippen molar-refractivity contribution < 1.29 is 27.6 Å². The first-order valence-corrected chi connectivity index (χ1v) is 11.5. The molecule has 0 aliphatic carbocycles. The van der Waals surface area contributed by atoms with Gasteiger partial charge < -0.3 is 10.6 Å². The molecule has 2 heterocycles. The molecule has 0 radical (unpaired) electrons. The highest BCUT2D eigenvalue weighted by Crippen LogP contribution is 2.33. The van der Waals surface area contributed by atoms with Gasteiger partial charge in [0, 0.05) is 30.8 Å². The van der Waals surface area contributed by atoms with Crippen molar-refractivity contribution in [1.29, 1.82) is 0 Å². The molecule has 2 unspecified atom stereocenters. The molecule has 2 aromatic carbocycles. The number of nitrogens with two attached hydrogens (primary N) is 2. The average Bonchev–Trinajstić information content (AvgIpc) is 3.35. The van der Waals surface area contributed by atoms with Crippen LogP contribution in [-0.4, -0.2) is 45.7 Å². The first kappa shape index (κ1) is 25.8. The van der Waals surface area contributed by atoms with Crippen LogP contribution in [0, 0.1) is 17.5 Å². The number of benzene rings is 2. The molecule has 1 saturated heterocycles. The van der Waals surface area contributed by atoms with E-state index in [9.17, 15) is 27.6 Å². The second kappa shape index (κ2) is 10.8. The largest absolute Gasteiger partial charge is 0.366 e. The number of likely N-dealkylation sites (tertiary alicyclic amines) is 1. The lowest BCUT2D eigenvalue weighted by Crippen LogP contribution is -2.50. The van der Waals surface area contributed by atoms with E-state index < -0.39 is 41.3 Å². The van der Waals surface area contributed by atoms with Crippen LogP contribution in [0.25, 0.3) is 11.1 Å². The van der Waals surface area contributed by atoms with Gasteiger partial charge in [0.2, 0.25) is 6.41 Å². The molecule has 11 heteroatoms. The van der Waals surface area contributed by atoms with Crippen molar-refractivity contribution in [2.75, 3.05) is 6.54 Å². The highest BCUT2D eigenvalue weighted by atomic mass is 19.1. The molecule has 0 spiro atoms. The Labute approximate surface area is 210 Å². The fourth-order valence-electron chi connectivity index (χ4n) is 4.59. The van der Waals surface area contributed by atoms with Crippen LogP contribution in [0.5, 0.6) is 0 Å². The summed E-state index contributed by atoms with van der Waals surface area (Å²) in [5.41, 5.74) is 6.16. The maximum atomic E-state index is 14.1. The molecule has 0 bridgehead atoms. The van der Waals surface area contributed by atoms with Crippen LogP contribution < -0.4 is 11.6 Å². The van der Waals surface area contributed by atoms with Crippen molar-refractivity contribution in [3.05, 3.63) is 89.0 Å². The van der Waals surface area contributed by atoms with Crippen LogP contribution in [0.1, 0.15) is 40.5 Å². The minimum absolute atomic E-state index is 0.126. The lowest BCUT2D eigenvalue weighted by atomic mass is 9.93. The van der Waals surface area contributed by atoms with Gasteiger partial charge in [-0.3, -0.25) is 24.4 Å². The first-order valence-electron chi connectivity index (χ1n) is 11.5. The summed E-state index contributed by atoms with van der Waals surface area (Å²) >= 11 is 0. The van der Waals surface area contributed by atoms with E-state index in [4.69, 9.17) is 11.6 Å². The first-order chi connectivity index (χ1) is 17.7. The summed E-state index contributed by atoms with van der Waals surface area (Å²) in [6.45, 7) is 0.397. The highest BCUT2D eigenvalue weighted by molar-refractivity contribution is 5.94. The predicted molar refractivity (Wildman–Crippen MR) is 128 cm³/mol. The van der Waals surface area contributed by atoms with Gasteiger partial charge in [0.25, 0.3) is 11.8 Å². The van der Waals surface area contributed by atoms with E-state index in [0.29, 0.717) is 36.9 Å². The topological polar surface area (TPSA) is 123 Å². The zero-order valence-electron chi connectivity index (χ0n) is 19.6. The summed E-state index contributed by atoms with van der Waals surface area (Å²) in [6, 6.07) is 8.09. The predicted octanol–water partition coefficient (Wildman–Crippen LogP) is 2.87. The van der Waals surface area contributed by atoms with Gasteiger partial charge in [0.1, 0.15) is 23.5 Å². The number of hydrogen-bond acceptors (Lipinski definition) is 5. The van der Waals surface area contributed by atoms with Crippen molar-refractivity contribution in [2.45, 2.75) is 31.3 Å². The molecule has 0 saturated carbocycles. The molecule has 192 valence electrons. The van der Waals surface area contributed by atoms with Gasteiger partial charge >= 0.3 is 0 Å². The van der Waals surface area contributed by atoms with Crippen LogP contribution in [0.3, 0.4) is 0 Å². The zero-order chi connectivity index (χ0) is 26.7. The molecule has 1 aliphatic heterocycles. The summed E-state index contributed by atoms with van der Waals surface area (Å²) in [5.74, 6) is 2.38. The number of aromatic nitrogens is 1. The summed E-state index contributed by atoms with van der Waals surface area (Å²) in [6.07, 6.45) is 2.92. The molecule has 3 aromatic rings. The van der Waals surface area contributed by atoms with Crippen molar-refractivity contribution in [2.24, 2.45) is 11.6 Å². The molecular weight excluding hydrogens is 487 g/mol. The molecule has 8 nitrogen and oxygen atoms in total. The van der Waals surface area contributed by atoms with E-state index in [1.54, 1.807) is 12.1 Å². The van der Waals surface area contributed by atoms with Crippen LogP contribution in [0.4, 0.5) is 13.2 Å². The number of amides is 3. The number of halogens is 3. The minimum Gasteiger partial charge on any atom is -0.366 e. The Bertz CT molecular complexity index is 1330. The van der Waals surface area contributed by atoms with Gasteiger partial charge in [-0.15, -0.1) is 0 Å². The van der Waals surface area contributed by atoms with E-state index in [0.717, 1.165) is 29.3 Å². The maximum absolute atomic E-state index is 14.1. The molecule has 1 aliphatic rings. The third kappa shape index (κ3) is 5.46. The number of pyridine rings is 1. The number of primary amides is 1. The monoisotopic (exact) mass is 511 g/mol. The van der Waals surface area contributed by atoms with Gasteiger partial charge in [-0.1, -0.05) is 12.1 Å². The van der Waals surface area contributed by atoms with Crippen LogP contribution in [0.2, 0.25) is 0 Å². The Hall–Kier alpha value is -4.25. The Morgan fingerprint density at radius 2 is 1.86 bits per heavy atom. The molecule has 4 rings (SSSR count). The lowest BCUT2D eigenvalue weighted by molar-refractivity contribution is -0.141. The summed E-state index contributed by atoms with van der Waals surface area (Å²) in [4.78, 5) is 42.3. The zero-order valence-corrected chi connectivity index (χ0v) is 19.6. The number of carbonyl (C=O) groups is 3. The second-order valence-electron chi connectivity index (χ2n) is 8.74. The van der Waals surface area contributed by atoms with Crippen molar-refractivity contribution >= 4 is 18.2 Å². The third-order valence-corrected chi connectivity index (χ3v) is 6.35. The molecule has 37 heavy (non-hydrogen) atoms. The Morgan fingerprint density at radius 3 is 2.54 bits per heavy atom. The van der Waals surface area contributed by atoms with Crippen molar-refractivity contribution in [3.63, 3.8) is 0 Å². The number of nitrogens with zero attached hydrogens (tertiary/aromatic N) is 3. The van der Waals surface area contributed by atoms with Crippen molar-refractivity contribution in [3.8, 4) is 11.1 Å². The molecule has 2 atom stereocenters. The maximum Gasteiger partial charge on any atom is 0.259 e. The normalized spacial score (nSPS) is 15.9. The van der Waals surface area contributed by atoms with E-state index in [1.165, 1.54) is 23.2 Å². The Balaban J connectivity index is 1.82. The van der Waals surface area contributed by atoms with Crippen molar-refractivity contribution in [1.82, 2.24) is 14.9 Å². The summed E-state index contributed by atoms with van der Waals surface area (Å²) in [7, 11) is 0. The molecule has 1 aromatic heterocycles. The number of rotatable bonds is 8. The smallest absolute Gasteiger partial charge is 0.259 e. The van der Waals surface area contributed by atoms with Gasteiger partial charge in [-0.25, -0.2) is 19.0 Å². The van der Waals surface area contributed by atoms with Crippen LogP contribution in [0.15, 0.2) is 54.7 Å². The molecular formula is C26H24F3N5O3. The van der Waals surface area contributed by atoms with E-state index >= 15 is 0 Å². The number of hydrogen-bond donors (Lipinski definition) is 2. The van der Waals surface area contributed by atoms with Crippen LogP contribution in [-0.2, 0) is 16.0 Å². The average molecular weight is 512 g/mol. The fraction of sp³-hybridized carbons (Fsp3) is 0.231. The standard InChI is InChI=1S/C26H24F3N5O3/c27-17-9-15(10-18(28)13-17)11-23(34(31)26(37)22-4-2-8-33(22)14-35)24-19(3-1-7-32-24)16-5-6-21(29)20(12-16)25(30)36/h1,3,5-7,9-10,12-14,22-23H,2,4,8,11,31H2,(H2,30,36). The fourth-order valence-corrected chi connectivity index (χ4v) is 4.59. The molecule has 4 N–H and O–H groups in total. The number of hydrazine groups is 1. The lowest BCUT2D eigenvalue weighted by Gasteiger charge is -2.32. The van der Waals surface area contributed by atoms with Gasteiger partial charge in [0.05, 0.1) is 17.3 Å². The highest BCUT2D eigenvalue weighted by Gasteiger charge is 2.36. The van der Waals surface area contributed by atoms with E-state index in [1.807, 2.05) is 0 Å². The summed E-state index contributed by atoms with van der Waals surface area (Å²) in [5, 5.41) is 0.916. The summed E-state index contributed by atoms with van der Waals surface area (Å²) < 4.78 is 42.1. The number of carbonyl (C=O) groups excluding carboxylic acids is 3. The Morgan fingerprint density at radius 1 is 1.14 bits per heavy atom. The van der Waals surface area contributed by atoms with Crippen LogP contribution >= 0.6 is 0 Å². The van der Waals surface area contributed by atoms with E-state index in [-0.39, 0.29) is 23.2 Å².